The Hall–Kier alpha value is -1.76. The summed E-state index contributed by atoms with van der Waals surface area (Å²) in [5.74, 6) is 0.496. The highest BCUT2D eigenvalue weighted by Crippen LogP contribution is 2.34. The molecule has 2 unspecified atom stereocenters. The van der Waals surface area contributed by atoms with E-state index in [2.05, 4.69) is 10.1 Å². The van der Waals surface area contributed by atoms with Crippen molar-refractivity contribution < 1.29 is 19.5 Å². The highest BCUT2D eigenvalue weighted by Gasteiger charge is 2.47. The Balaban J connectivity index is 1.93. The van der Waals surface area contributed by atoms with Gasteiger partial charge >= 0.3 is 0 Å². The fourth-order valence-electron chi connectivity index (χ4n) is 2.21. The van der Waals surface area contributed by atoms with Crippen molar-refractivity contribution in [3.8, 4) is 11.5 Å². The fourth-order valence-corrected chi connectivity index (χ4v) is 2.21. The maximum Gasteiger partial charge on any atom is 0.258 e. The van der Waals surface area contributed by atoms with Crippen molar-refractivity contribution in [2.45, 2.75) is 18.1 Å². The van der Waals surface area contributed by atoms with E-state index >= 15 is 0 Å². The number of hydrogen-bond acceptors (Lipinski definition) is 6. The standard InChI is InChI=1S/C13H14N2O4/c16-8-10-13(17,6-7-18-10)12-14-11(19-15-12)9-4-2-1-3-5-9/h1-5,10,16-17H,6-8H2. The zero-order valence-corrected chi connectivity index (χ0v) is 10.2. The summed E-state index contributed by atoms with van der Waals surface area (Å²) in [5, 5.41) is 23.5. The van der Waals surface area contributed by atoms with Crippen LogP contribution in [0.4, 0.5) is 0 Å². The summed E-state index contributed by atoms with van der Waals surface area (Å²) in [5.41, 5.74) is -0.602. The average Bonchev–Trinajstić information content (AvgIpc) is 3.07. The van der Waals surface area contributed by atoms with E-state index in [0.29, 0.717) is 18.9 Å². The van der Waals surface area contributed by atoms with Gasteiger partial charge in [-0.25, -0.2) is 0 Å². The number of rotatable bonds is 3. The second kappa shape index (κ2) is 4.73. The van der Waals surface area contributed by atoms with Crippen LogP contribution in [0.15, 0.2) is 34.9 Å². The van der Waals surface area contributed by atoms with Crippen LogP contribution in [0.2, 0.25) is 0 Å². The van der Waals surface area contributed by atoms with Gasteiger partial charge in [-0.05, 0) is 12.1 Å². The zero-order chi connectivity index (χ0) is 13.3. The van der Waals surface area contributed by atoms with Crippen LogP contribution >= 0.6 is 0 Å². The minimum atomic E-state index is -1.38. The van der Waals surface area contributed by atoms with Crippen LogP contribution in [0.25, 0.3) is 11.5 Å². The molecule has 1 aliphatic rings. The van der Waals surface area contributed by atoms with Gasteiger partial charge in [0.15, 0.2) is 5.60 Å². The van der Waals surface area contributed by atoms with Crippen LogP contribution in [0.1, 0.15) is 12.2 Å². The number of aliphatic hydroxyl groups excluding tert-OH is 1. The summed E-state index contributed by atoms with van der Waals surface area (Å²) in [7, 11) is 0. The van der Waals surface area contributed by atoms with Gasteiger partial charge in [-0.1, -0.05) is 23.4 Å². The largest absolute Gasteiger partial charge is 0.394 e. The molecule has 0 amide bonds. The molecule has 3 rings (SSSR count). The first-order valence-corrected chi connectivity index (χ1v) is 6.08. The van der Waals surface area contributed by atoms with E-state index in [1.807, 2.05) is 30.3 Å². The third-order valence-corrected chi connectivity index (χ3v) is 3.33. The molecule has 6 heteroatoms. The fraction of sp³-hybridized carbons (Fsp3) is 0.385. The van der Waals surface area contributed by atoms with Crippen LogP contribution < -0.4 is 0 Å². The van der Waals surface area contributed by atoms with E-state index in [0.717, 1.165) is 5.56 Å². The third-order valence-electron chi connectivity index (χ3n) is 3.33. The van der Waals surface area contributed by atoms with Crippen LogP contribution in [-0.2, 0) is 10.3 Å². The number of benzene rings is 1. The molecule has 0 spiro atoms. The highest BCUT2D eigenvalue weighted by molar-refractivity contribution is 5.52. The molecule has 1 aromatic carbocycles. The molecule has 2 aromatic rings. The van der Waals surface area contributed by atoms with E-state index in [1.54, 1.807) is 0 Å². The predicted octanol–water partition coefficient (Wildman–Crippen LogP) is 0.705. The number of aliphatic hydroxyl groups is 2. The first kappa shape index (κ1) is 12.3. The average molecular weight is 262 g/mol. The lowest BCUT2D eigenvalue weighted by Gasteiger charge is -2.22. The number of hydrogen-bond donors (Lipinski definition) is 2. The quantitative estimate of drug-likeness (QED) is 0.846. The minimum absolute atomic E-state index is 0.155. The SMILES string of the molecule is OCC1OCCC1(O)c1noc(-c2ccccc2)n1. The lowest BCUT2D eigenvalue weighted by molar-refractivity contribution is -0.0715. The Morgan fingerprint density at radius 1 is 1.32 bits per heavy atom. The molecule has 19 heavy (non-hydrogen) atoms. The van der Waals surface area contributed by atoms with Gasteiger partial charge in [-0.2, -0.15) is 4.98 Å². The summed E-state index contributed by atoms with van der Waals surface area (Å²) in [4.78, 5) is 4.21. The van der Waals surface area contributed by atoms with E-state index in [-0.39, 0.29) is 12.4 Å². The molecular weight excluding hydrogens is 248 g/mol. The Morgan fingerprint density at radius 2 is 2.11 bits per heavy atom. The van der Waals surface area contributed by atoms with Crippen molar-refractivity contribution in [2.24, 2.45) is 0 Å². The number of nitrogens with zero attached hydrogens (tertiary/aromatic N) is 2. The topological polar surface area (TPSA) is 88.6 Å². The van der Waals surface area contributed by atoms with E-state index in [9.17, 15) is 10.2 Å². The highest BCUT2D eigenvalue weighted by atomic mass is 16.5. The summed E-state index contributed by atoms with van der Waals surface area (Å²) in [6.07, 6.45) is -0.375. The van der Waals surface area contributed by atoms with E-state index in [1.165, 1.54) is 0 Å². The normalized spacial score (nSPS) is 26.7. The number of aromatic nitrogens is 2. The molecule has 6 nitrogen and oxygen atoms in total. The molecule has 1 aliphatic heterocycles. The molecule has 100 valence electrons. The smallest absolute Gasteiger partial charge is 0.258 e. The number of ether oxygens (including phenoxy) is 1. The van der Waals surface area contributed by atoms with Crippen molar-refractivity contribution >= 4 is 0 Å². The maximum absolute atomic E-state index is 10.5. The lowest BCUT2D eigenvalue weighted by atomic mass is 9.95. The van der Waals surface area contributed by atoms with Gasteiger partial charge < -0.3 is 19.5 Å². The van der Waals surface area contributed by atoms with Crippen molar-refractivity contribution in [3.63, 3.8) is 0 Å². The maximum atomic E-state index is 10.5. The van der Waals surface area contributed by atoms with Gasteiger partial charge in [-0.3, -0.25) is 0 Å². The second-order valence-corrected chi connectivity index (χ2v) is 4.51. The van der Waals surface area contributed by atoms with Crippen LogP contribution in [0.5, 0.6) is 0 Å². The monoisotopic (exact) mass is 262 g/mol. The minimum Gasteiger partial charge on any atom is -0.394 e. The van der Waals surface area contributed by atoms with Crippen molar-refractivity contribution in [1.82, 2.24) is 10.1 Å². The molecule has 0 radical (unpaired) electrons. The Labute approximate surface area is 109 Å². The molecule has 2 atom stereocenters. The molecule has 1 aromatic heterocycles. The Kier molecular flexibility index (Phi) is 3.06. The van der Waals surface area contributed by atoms with E-state index in [4.69, 9.17) is 9.26 Å². The zero-order valence-electron chi connectivity index (χ0n) is 10.2. The predicted molar refractivity (Wildman–Crippen MR) is 65.1 cm³/mol. The molecule has 1 saturated heterocycles. The van der Waals surface area contributed by atoms with Gasteiger partial charge in [0.25, 0.3) is 5.89 Å². The molecular formula is C13H14N2O4. The summed E-state index contributed by atoms with van der Waals surface area (Å²) < 4.78 is 10.4. The van der Waals surface area contributed by atoms with Crippen LogP contribution in [0.3, 0.4) is 0 Å². The first-order chi connectivity index (χ1) is 9.24. The second-order valence-electron chi connectivity index (χ2n) is 4.51. The molecule has 0 aliphatic carbocycles. The summed E-state index contributed by atoms with van der Waals surface area (Å²) in [6.45, 7) is 0.0721. The third kappa shape index (κ3) is 2.03. The first-order valence-electron chi connectivity index (χ1n) is 6.08. The van der Waals surface area contributed by atoms with Crippen molar-refractivity contribution in [2.75, 3.05) is 13.2 Å². The van der Waals surface area contributed by atoms with Crippen molar-refractivity contribution in [1.29, 1.82) is 0 Å². The molecule has 2 heterocycles. The lowest BCUT2D eigenvalue weighted by Crippen LogP contribution is -2.38. The van der Waals surface area contributed by atoms with Gasteiger partial charge in [0.05, 0.1) is 13.2 Å². The van der Waals surface area contributed by atoms with Crippen LogP contribution in [-0.4, -0.2) is 39.7 Å². The van der Waals surface area contributed by atoms with Crippen LogP contribution in [0, 0.1) is 0 Å². The molecule has 0 bridgehead atoms. The van der Waals surface area contributed by atoms with Crippen molar-refractivity contribution in [3.05, 3.63) is 36.2 Å². The Morgan fingerprint density at radius 3 is 2.84 bits per heavy atom. The molecule has 2 N–H and O–H groups in total. The summed E-state index contributed by atoms with van der Waals surface area (Å²) >= 11 is 0. The Bertz CT molecular complexity index is 557. The summed E-state index contributed by atoms with van der Waals surface area (Å²) in [6, 6.07) is 9.30. The molecule has 1 fully saturated rings. The van der Waals surface area contributed by atoms with Gasteiger partial charge in [0, 0.05) is 12.0 Å². The van der Waals surface area contributed by atoms with Gasteiger partial charge in [0.2, 0.25) is 5.82 Å². The van der Waals surface area contributed by atoms with E-state index < -0.39 is 11.7 Å². The molecule has 0 saturated carbocycles. The van der Waals surface area contributed by atoms with Gasteiger partial charge in [0.1, 0.15) is 6.10 Å². The van der Waals surface area contributed by atoms with Gasteiger partial charge in [-0.15, -0.1) is 0 Å².